The summed E-state index contributed by atoms with van der Waals surface area (Å²) in [5.41, 5.74) is 2.42. The number of carbonyl (C=O) groups is 2. The molecule has 2 amide bonds. The molecule has 3 rings (SSSR count). The molecule has 4 nitrogen and oxygen atoms in total. The molecule has 4 heteroatoms. The standard InChI is InChI=1S/C24H30N2O2/c1-19(23-11-7-4-8-12-23)26(20(2)27)18-24(28)25-15-13-22(14-16-25)17-21-9-5-3-6-10-21/h3-12,19,22H,13-18H2,1-2H3. The zero-order valence-corrected chi connectivity index (χ0v) is 16.9. The summed E-state index contributed by atoms with van der Waals surface area (Å²) >= 11 is 0. The Morgan fingerprint density at radius 1 is 1.00 bits per heavy atom. The van der Waals surface area contributed by atoms with Crippen molar-refractivity contribution in [2.24, 2.45) is 5.92 Å². The van der Waals surface area contributed by atoms with Gasteiger partial charge in [-0.05, 0) is 43.2 Å². The average molecular weight is 379 g/mol. The van der Waals surface area contributed by atoms with Gasteiger partial charge >= 0.3 is 0 Å². The summed E-state index contributed by atoms with van der Waals surface area (Å²) in [5.74, 6) is 0.610. The molecule has 1 aliphatic heterocycles. The molecule has 28 heavy (non-hydrogen) atoms. The smallest absolute Gasteiger partial charge is 0.242 e. The van der Waals surface area contributed by atoms with E-state index < -0.39 is 0 Å². The van der Waals surface area contributed by atoms with Gasteiger partial charge in [-0.15, -0.1) is 0 Å². The highest BCUT2D eigenvalue weighted by atomic mass is 16.2. The van der Waals surface area contributed by atoms with Gasteiger partial charge in [-0.2, -0.15) is 0 Å². The number of amides is 2. The fourth-order valence-corrected chi connectivity index (χ4v) is 4.01. The number of likely N-dealkylation sites (tertiary alicyclic amines) is 1. The van der Waals surface area contributed by atoms with E-state index in [2.05, 4.69) is 24.3 Å². The summed E-state index contributed by atoms with van der Waals surface area (Å²) < 4.78 is 0. The molecule has 1 heterocycles. The van der Waals surface area contributed by atoms with Crippen LogP contribution in [0.3, 0.4) is 0 Å². The predicted molar refractivity (Wildman–Crippen MR) is 112 cm³/mol. The molecule has 1 saturated heterocycles. The summed E-state index contributed by atoms with van der Waals surface area (Å²) in [4.78, 5) is 28.6. The maximum Gasteiger partial charge on any atom is 0.242 e. The molecule has 1 aliphatic rings. The van der Waals surface area contributed by atoms with Crippen LogP contribution in [0.25, 0.3) is 0 Å². The van der Waals surface area contributed by atoms with E-state index in [1.807, 2.05) is 48.2 Å². The van der Waals surface area contributed by atoms with Crippen molar-refractivity contribution >= 4 is 11.8 Å². The van der Waals surface area contributed by atoms with E-state index in [0.29, 0.717) is 5.92 Å². The Balaban J connectivity index is 1.54. The Bertz CT molecular complexity index is 768. The van der Waals surface area contributed by atoms with Crippen LogP contribution in [0, 0.1) is 5.92 Å². The lowest BCUT2D eigenvalue weighted by atomic mass is 9.90. The fraction of sp³-hybridized carbons (Fsp3) is 0.417. The van der Waals surface area contributed by atoms with E-state index in [1.165, 1.54) is 5.56 Å². The van der Waals surface area contributed by atoms with E-state index in [-0.39, 0.29) is 24.4 Å². The molecule has 0 saturated carbocycles. The third kappa shape index (κ3) is 5.22. The van der Waals surface area contributed by atoms with Crippen molar-refractivity contribution in [1.82, 2.24) is 9.80 Å². The van der Waals surface area contributed by atoms with Crippen molar-refractivity contribution in [3.63, 3.8) is 0 Å². The molecule has 0 aromatic heterocycles. The lowest BCUT2D eigenvalue weighted by molar-refractivity contribution is -0.142. The highest BCUT2D eigenvalue weighted by Gasteiger charge is 2.27. The summed E-state index contributed by atoms with van der Waals surface area (Å²) in [7, 11) is 0. The number of hydrogen-bond donors (Lipinski definition) is 0. The van der Waals surface area contributed by atoms with Crippen molar-refractivity contribution in [3.8, 4) is 0 Å². The van der Waals surface area contributed by atoms with E-state index >= 15 is 0 Å². The number of nitrogens with zero attached hydrogens (tertiary/aromatic N) is 2. The van der Waals surface area contributed by atoms with Crippen molar-refractivity contribution < 1.29 is 9.59 Å². The van der Waals surface area contributed by atoms with Gasteiger partial charge in [0.15, 0.2) is 0 Å². The van der Waals surface area contributed by atoms with Crippen LogP contribution >= 0.6 is 0 Å². The number of rotatable bonds is 6. The van der Waals surface area contributed by atoms with Gasteiger partial charge in [-0.1, -0.05) is 60.7 Å². The Kier molecular flexibility index (Phi) is 6.85. The molecule has 0 bridgehead atoms. The molecule has 0 N–H and O–H groups in total. The van der Waals surface area contributed by atoms with Crippen molar-refractivity contribution in [2.75, 3.05) is 19.6 Å². The molecule has 148 valence electrons. The third-order valence-corrected chi connectivity index (χ3v) is 5.79. The SMILES string of the molecule is CC(=O)N(CC(=O)N1CCC(Cc2ccccc2)CC1)C(C)c1ccccc1. The van der Waals surface area contributed by atoms with Crippen LogP contribution in [0.5, 0.6) is 0 Å². The maximum absolute atomic E-state index is 12.8. The molecular formula is C24H30N2O2. The summed E-state index contributed by atoms with van der Waals surface area (Å²) in [6.45, 7) is 5.23. The van der Waals surface area contributed by atoms with Gasteiger partial charge in [0.05, 0.1) is 6.04 Å². The number of hydrogen-bond acceptors (Lipinski definition) is 2. The van der Waals surface area contributed by atoms with Gasteiger partial charge in [-0.3, -0.25) is 9.59 Å². The second-order valence-corrected chi connectivity index (χ2v) is 7.75. The fourth-order valence-electron chi connectivity index (χ4n) is 4.01. The molecule has 2 aromatic rings. The van der Waals surface area contributed by atoms with Crippen LogP contribution in [-0.4, -0.2) is 41.2 Å². The van der Waals surface area contributed by atoms with Crippen molar-refractivity contribution in [2.45, 2.75) is 39.2 Å². The molecule has 1 fully saturated rings. The molecule has 0 radical (unpaired) electrons. The van der Waals surface area contributed by atoms with Gasteiger partial charge in [0.25, 0.3) is 0 Å². The lowest BCUT2D eigenvalue weighted by Crippen LogP contribution is -2.46. The first-order valence-electron chi connectivity index (χ1n) is 10.2. The topological polar surface area (TPSA) is 40.6 Å². The zero-order chi connectivity index (χ0) is 19.9. The molecule has 0 aliphatic carbocycles. The number of piperidine rings is 1. The molecule has 0 spiro atoms. The molecule has 1 unspecified atom stereocenters. The third-order valence-electron chi connectivity index (χ3n) is 5.79. The second kappa shape index (κ2) is 9.54. The van der Waals surface area contributed by atoms with Crippen LogP contribution in [0.4, 0.5) is 0 Å². The van der Waals surface area contributed by atoms with E-state index in [0.717, 1.165) is 37.9 Å². The first-order valence-corrected chi connectivity index (χ1v) is 10.2. The molecule has 1 atom stereocenters. The minimum atomic E-state index is -0.113. The Labute approximate surface area is 168 Å². The Morgan fingerprint density at radius 2 is 1.57 bits per heavy atom. The summed E-state index contributed by atoms with van der Waals surface area (Å²) in [5, 5.41) is 0. The minimum Gasteiger partial charge on any atom is -0.341 e. The van der Waals surface area contributed by atoms with Crippen LogP contribution in [0.2, 0.25) is 0 Å². The largest absolute Gasteiger partial charge is 0.341 e. The average Bonchev–Trinajstić information content (AvgIpc) is 2.73. The first-order chi connectivity index (χ1) is 13.5. The van der Waals surface area contributed by atoms with Crippen LogP contribution in [-0.2, 0) is 16.0 Å². The molecule has 2 aromatic carbocycles. The van der Waals surface area contributed by atoms with Crippen LogP contribution < -0.4 is 0 Å². The van der Waals surface area contributed by atoms with E-state index in [4.69, 9.17) is 0 Å². The molecular weight excluding hydrogens is 348 g/mol. The van der Waals surface area contributed by atoms with Crippen molar-refractivity contribution in [1.29, 1.82) is 0 Å². The van der Waals surface area contributed by atoms with Crippen LogP contribution in [0.1, 0.15) is 43.9 Å². The summed E-state index contributed by atoms with van der Waals surface area (Å²) in [6.07, 6.45) is 3.12. The second-order valence-electron chi connectivity index (χ2n) is 7.75. The van der Waals surface area contributed by atoms with Gasteiger partial charge in [0.2, 0.25) is 11.8 Å². The monoisotopic (exact) mass is 378 g/mol. The van der Waals surface area contributed by atoms with Gasteiger partial charge in [0, 0.05) is 20.0 Å². The van der Waals surface area contributed by atoms with Crippen molar-refractivity contribution in [3.05, 3.63) is 71.8 Å². The first kappa shape index (κ1) is 20.1. The highest BCUT2D eigenvalue weighted by molar-refractivity contribution is 5.84. The van der Waals surface area contributed by atoms with Gasteiger partial charge < -0.3 is 9.80 Å². The number of carbonyl (C=O) groups excluding carboxylic acids is 2. The minimum absolute atomic E-state index is 0.0520. The van der Waals surface area contributed by atoms with E-state index in [1.54, 1.807) is 11.8 Å². The lowest BCUT2D eigenvalue weighted by Gasteiger charge is -2.35. The number of benzene rings is 2. The van der Waals surface area contributed by atoms with Gasteiger partial charge in [-0.25, -0.2) is 0 Å². The Morgan fingerprint density at radius 3 is 2.14 bits per heavy atom. The van der Waals surface area contributed by atoms with Gasteiger partial charge in [0.1, 0.15) is 6.54 Å². The zero-order valence-electron chi connectivity index (χ0n) is 16.9. The predicted octanol–water partition coefficient (Wildman–Crippen LogP) is 4.08. The normalized spacial score (nSPS) is 15.9. The highest BCUT2D eigenvalue weighted by Crippen LogP contribution is 2.23. The Hall–Kier alpha value is -2.62. The quantitative estimate of drug-likeness (QED) is 0.760. The van der Waals surface area contributed by atoms with E-state index in [9.17, 15) is 9.59 Å². The summed E-state index contributed by atoms with van der Waals surface area (Å²) in [6, 6.07) is 20.3. The maximum atomic E-state index is 12.8. The van der Waals surface area contributed by atoms with Crippen LogP contribution in [0.15, 0.2) is 60.7 Å².